The van der Waals surface area contributed by atoms with Crippen LogP contribution in [0.4, 0.5) is 10.1 Å². The predicted octanol–water partition coefficient (Wildman–Crippen LogP) is 3.12. The highest BCUT2D eigenvalue weighted by atomic mass is 19.1. The molecule has 0 saturated carbocycles. The second-order valence-electron chi connectivity index (χ2n) is 5.88. The molecule has 0 fully saturated rings. The number of quaternary nitrogens is 1. The number of fused-ring (bicyclic) bond motifs is 1. The van der Waals surface area contributed by atoms with E-state index in [-0.39, 0.29) is 5.82 Å². The minimum Gasteiger partial charge on any atom is -0.361 e. The van der Waals surface area contributed by atoms with Crippen LogP contribution in [0.2, 0.25) is 0 Å². The molecule has 1 unspecified atom stereocenters. The largest absolute Gasteiger partial charge is 0.361 e. The first-order valence-electron chi connectivity index (χ1n) is 7.88. The molecule has 0 radical (unpaired) electrons. The van der Waals surface area contributed by atoms with Crippen molar-refractivity contribution in [2.75, 3.05) is 13.6 Å². The molecule has 3 rings (SSSR count). The highest BCUT2D eigenvalue weighted by Gasteiger charge is 2.41. The summed E-state index contributed by atoms with van der Waals surface area (Å²) < 4.78 is 19.6. The van der Waals surface area contributed by atoms with E-state index in [4.69, 9.17) is 11.3 Å². The van der Waals surface area contributed by atoms with Gasteiger partial charge in [-0.15, -0.1) is 0 Å². The fraction of sp³-hybridized carbons (Fsp3) is 0.316. The minimum absolute atomic E-state index is 0.243. The number of hydrogen-bond acceptors (Lipinski definition) is 1. The Morgan fingerprint density at radius 3 is 2.74 bits per heavy atom. The molecule has 23 heavy (non-hydrogen) atoms. The summed E-state index contributed by atoms with van der Waals surface area (Å²) >= 11 is 0. The van der Waals surface area contributed by atoms with Gasteiger partial charge in [-0.1, -0.05) is 30.3 Å². The zero-order valence-corrected chi connectivity index (χ0v) is 13.2. The van der Waals surface area contributed by atoms with Crippen LogP contribution in [0.25, 0.3) is 4.85 Å². The molecule has 0 saturated heterocycles. The topological polar surface area (TPSA) is 30.2 Å². The van der Waals surface area contributed by atoms with Gasteiger partial charge in [0.15, 0.2) is 5.69 Å². The van der Waals surface area contributed by atoms with E-state index in [1.54, 1.807) is 0 Å². The maximum absolute atomic E-state index is 13.3. The third kappa shape index (κ3) is 2.86. The van der Waals surface area contributed by atoms with Crippen molar-refractivity contribution in [3.8, 4) is 0 Å². The second-order valence-corrected chi connectivity index (χ2v) is 5.88. The summed E-state index contributed by atoms with van der Waals surface area (Å²) in [6.07, 6.45) is 1.84. The van der Waals surface area contributed by atoms with Crippen LogP contribution in [0, 0.1) is 12.4 Å². The summed E-state index contributed by atoms with van der Waals surface area (Å²) in [6, 6.07) is 12.3. The van der Waals surface area contributed by atoms with Gasteiger partial charge in [-0.25, -0.2) is 9.24 Å². The van der Waals surface area contributed by atoms with Crippen molar-refractivity contribution < 1.29 is 14.4 Å². The zero-order chi connectivity index (χ0) is 16.3. The van der Waals surface area contributed by atoms with E-state index in [1.807, 2.05) is 30.3 Å². The van der Waals surface area contributed by atoms with Crippen LogP contribution < -0.4 is 5.32 Å². The fourth-order valence-electron chi connectivity index (χ4n) is 3.31. The lowest BCUT2D eigenvalue weighted by Crippen LogP contribution is -2.79. The van der Waals surface area contributed by atoms with Gasteiger partial charge in [0.05, 0.1) is 26.8 Å². The molecular weight excluding hydrogens is 291 g/mol. The average molecular weight is 311 g/mol. The van der Waals surface area contributed by atoms with E-state index in [2.05, 4.69) is 17.2 Å². The van der Waals surface area contributed by atoms with E-state index in [0.717, 1.165) is 36.1 Å². The molecule has 1 aliphatic rings. The SMILES string of the molecule is [C-]#[N+]c1ccc2c(c1)COC2(CCC[NH2+]C)c1ccc(F)cc1. The van der Waals surface area contributed by atoms with Crippen LogP contribution in [-0.2, 0) is 16.9 Å². The fourth-order valence-corrected chi connectivity index (χ4v) is 3.31. The highest BCUT2D eigenvalue weighted by molar-refractivity contribution is 5.54. The number of rotatable bonds is 5. The Hall–Kier alpha value is -2.22. The molecule has 2 N–H and O–H groups in total. The lowest BCUT2D eigenvalue weighted by atomic mass is 9.82. The molecule has 1 aliphatic heterocycles. The van der Waals surface area contributed by atoms with Crippen molar-refractivity contribution in [1.82, 2.24) is 0 Å². The van der Waals surface area contributed by atoms with Crippen molar-refractivity contribution in [2.45, 2.75) is 25.0 Å². The van der Waals surface area contributed by atoms with Crippen molar-refractivity contribution in [2.24, 2.45) is 0 Å². The van der Waals surface area contributed by atoms with Gasteiger partial charge in [0.1, 0.15) is 11.4 Å². The third-order valence-corrected chi connectivity index (χ3v) is 4.46. The van der Waals surface area contributed by atoms with Crippen LogP contribution in [0.5, 0.6) is 0 Å². The first-order chi connectivity index (χ1) is 11.2. The molecule has 1 atom stereocenters. The van der Waals surface area contributed by atoms with Crippen LogP contribution >= 0.6 is 0 Å². The monoisotopic (exact) mass is 311 g/mol. The summed E-state index contributed by atoms with van der Waals surface area (Å²) in [5.41, 5.74) is 3.23. The quantitative estimate of drug-likeness (QED) is 0.667. The van der Waals surface area contributed by atoms with E-state index in [1.165, 1.54) is 12.1 Å². The molecule has 2 aromatic carbocycles. The van der Waals surface area contributed by atoms with Gasteiger partial charge in [-0.3, -0.25) is 0 Å². The average Bonchev–Trinajstić information content (AvgIpc) is 2.95. The Morgan fingerprint density at radius 1 is 1.26 bits per heavy atom. The van der Waals surface area contributed by atoms with E-state index < -0.39 is 5.60 Å². The standard InChI is InChI=1S/C19H19FN2O/c1-21-11-3-10-19(15-4-6-16(20)7-5-15)18-9-8-17(22-2)12-14(18)13-23-19/h4-9,12,21H,3,10-11,13H2,1H3/p+1. The summed E-state index contributed by atoms with van der Waals surface area (Å²) in [6.45, 7) is 8.67. The lowest BCUT2D eigenvalue weighted by Gasteiger charge is -2.30. The zero-order valence-electron chi connectivity index (χ0n) is 13.2. The maximum Gasteiger partial charge on any atom is 0.187 e. The van der Waals surface area contributed by atoms with Gasteiger partial charge in [-0.2, -0.15) is 0 Å². The second kappa shape index (κ2) is 6.49. The normalized spacial score (nSPS) is 19.3. The smallest absolute Gasteiger partial charge is 0.187 e. The summed E-state index contributed by atoms with van der Waals surface area (Å²) in [7, 11) is 2.05. The molecule has 118 valence electrons. The van der Waals surface area contributed by atoms with E-state index in [9.17, 15) is 4.39 Å². The van der Waals surface area contributed by atoms with Gasteiger partial charge in [0, 0.05) is 0 Å². The van der Waals surface area contributed by atoms with E-state index in [0.29, 0.717) is 12.3 Å². The molecule has 1 heterocycles. The van der Waals surface area contributed by atoms with Gasteiger partial charge in [0.2, 0.25) is 0 Å². The number of nitrogens with zero attached hydrogens (tertiary/aromatic N) is 1. The number of ether oxygens (including phenoxy) is 1. The first-order valence-corrected chi connectivity index (χ1v) is 7.88. The van der Waals surface area contributed by atoms with Gasteiger partial charge in [0.25, 0.3) is 0 Å². The number of halogens is 1. The van der Waals surface area contributed by atoms with Crippen LogP contribution in [0.1, 0.15) is 29.5 Å². The van der Waals surface area contributed by atoms with Crippen LogP contribution in [0.3, 0.4) is 0 Å². The molecule has 0 spiro atoms. The number of hydrogen-bond donors (Lipinski definition) is 1. The van der Waals surface area contributed by atoms with Crippen molar-refractivity contribution in [3.05, 3.63) is 76.4 Å². The van der Waals surface area contributed by atoms with Crippen LogP contribution in [0.15, 0.2) is 42.5 Å². The Bertz CT molecular complexity index is 736. The third-order valence-electron chi connectivity index (χ3n) is 4.46. The Kier molecular flexibility index (Phi) is 4.42. The van der Waals surface area contributed by atoms with E-state index >= 15 is 0 Å². The lowest BCUT2D eigenvalue weighted by molar-refractivity contribution is -0.627. The predicted molar refractivity (Wildman–Crippen MR) is 86.6 cm³/mol. The Morgan fingerprint density at radius 2 is 2.04 bits per heavy atom. The summed E-state index contributed by atoms with van der Waals surface area (Å²) in [4.78, 5) is 3.50. The Labute approximate surface area is 135 Å². The summed E-state index contributed by atoms with van der Waals surface area (Å²) in [5.74, 6) is -0.243. The molecule has 4 heteroatoms. The molecule has 2 aromatic rings. The van der Waals surface area contributed by atoms with Crippen molar-refractivity contribution in [1.29, 1.82) is 0 Å². The van der Waals surface area contributed by atoms with Crippen molar-refractivity contribution in [3.63, 3.8) is 0 Å². The van der Waals surface area contributed by atoms with Crippen LogP contribution in [-0.4, -0.2) is 13.6 Å². The minimum atomic E-state index is -0.535. The summed E-state index contributed by atoms with van der Waals surface area (Å²) in [5, 5.41) is 2.15. The molecule has 0 amide bonds. The molecule has 0 bridgehead atoms. The first kappa shape index (κ1) is 15.7. The molecular formula is C19H20FN2O+. The maximum atomic E-state index is 13.3. The number of benzene rings is 2. The number of nitrogens with two attached hydrogens (primary N) is 1. The highest BCUT2D eigenvalue weighted by Crippen LogP contribution is 2.46. The van der Waals surface area contributed by atoms with Gasteiger partial charge in [-0.05, 0) is 41.7 Å². The molecule has 3 nitrogen and oxygen atoms in total. The van der Waals surface area contributed by atoms with Gasteiger partial charge < -0.3 is 10.1 Å². The molecule has 0 aromatic heterocycles. The molecule has 0 aliphatic carbocycles. The van der Waals surface area contributed by atoms with Gasteiger partial charge >= 0.3 is 0 Å². The van der Waals surface area contributed by atoms with Crippen molar-refractivity contribution >= 4 is 5.69 Å². The Balaban J connectivity index is 2.05.